The van der Waals surface area contributed by atoms with Gasteiger partial charge in [0.2, 0.25) is 5.91 Å². The Morgan fingerprint density at radius 3 is 2.77 bits per heavy atom. The van der Waals surface area contributed by atoms with Crippen LogP contribution in [0.4, 0.5) is 4.39 Å². The van der Waals surface area contributed by atoms with Gasteiger partial charge in [0.1, 0.15) is 17.7 Å². The average Bonchev–Trinajstić information content (AvgIpc) is 3.02. The molecule has 2 N–H and O–H groups in total. The molecule has 1 aromatic heterocycles. The zero-order chi connectivity index (χ0) is 17.8. The van der Waals surface area contributed by atoms with E-state index in [0.29, 0.717) is 12.2 Å². The number of rotatable bonds is 5. The number of halogens is 2. The smallest absolute Gasteiger partial charge is 0.245 e. The minimum Gasteiger partial charge on any atom is -0.350 e. The monoisotopic (exact) mass is 382 g/mol. The number of aromatic nitrogens is 4. The zero-order valence-electron chi connectivity index (χ0n) is 14.9. The molecule has 1 amide bonds. The lowest BCUT2D eigenvalue weighted by atomic mass is 9.98. The van der Waals surface area contributed by atoms with Crippen LogP contribution in [0, 0.1) is 12.7 Å². The maximum Gasteiger partial charge on any atom is 0.245 e. The molecule has 7 nitrogen and oxygen atoms in total. The zero-order valence-corrected chi connectivity index (χ0v) is 15.7. The van der Waals surface area contributed by atoms with Gasteiger partial charge in [0.05, 0.1) is 0 Å². The molecule has 1 saturated heterocycles. The third-order valence-electron chi connectivity index (χ3n) is 4.69. The molecule has 0 radical (unpaired) electrons. The number of nitrogens with zero attached hydrogens (tertiary/aromatic N) is 4. The van der Waals surface area contributed by atoms with Crippen molar-refractivity contribution in [3.05, 3.63) is 41.5 Å². The van der Waals surface area contributed by atoms with E-state index in [4.69, 9.17) is 0 Å². The Morgan fingerprint density at radius 1 is 1.42 bits per heavy atom. The summed E-state index contributed by atoms with van der Waals surface area (Å²) in [6, 6.07) is 5.87. The molecule has 1 aromatic carbocycles. The van der Waals surface area contributed by atoms with Crippen LogP contribution in [-0.4, -0.2) is 44.7 Å². The van der Waals surface area contributed by atoms with Crippen molar-refractivity contribution in [3.8, 4) is 0 Å². The predicted octanol–water partition coefficient (Wildman–Crippen LogP) is 1.58. The van der Waals surface area contributed by atoms with Crippen LogP contribution in [0.5, 0.6) is 0 Å². The van der Waals surface area contributed by atoms with E-state index in [0.717, 1.165) is 24.9 Å². The molecule has 0 spiro atoms. The van der Waals surface area contributed by atoms with E-state index in [1.807, 2.05) is 0 Å². The van der Waals surface area contributed by atoms with E-state index < -0.39 is 6.04 Å². The van der Waals surface area contributed by atoms with Crippen molar-refractivity contribution in [2.45, 2.75) is 51.2 Å². The molecule has 3 rings (SSSR count). The molecule has 1 aliphatic rings. The number of carbonyl (C=O) groups excluding carboxylic acids is 1. The summed E-state index contributed by atoms with van der Waals surface area (Å²) >= 11 is 0. The first-order valence-corrected chi connectivity index (χ1v) is 8.57. The topological polar surface area (TPSA) is 84.7 Å². The van der Waals surface area contributed by atoms with Gasteiger partial charge in [-0.1, -0.05) is 12.1 Å². The van der Waals surface area contributed by atoms with Crippen molar-refractivity contribution >= 4 is 18.3 Å². The van der Waals surface area contributed by atoms with Gasteiger partial charge in [-0.3, -0.25) is 4.79 Å². The van der Waals surface area contributed by atoms with Gasteiger partial charge in [-0.05, 0) is 61.4 Å². The summed E-state index contributed by atoms with van der Waals surface area (Å²) < 4.78 is 14.7. The minimum absolute atomic E-state index is 0. The quantitative estimate of drug-likeness (QED) is 0.820. The minimum atomic E-state index is -0.574. The fraction of sp³-hybridized carbons (Fsp3) is 0.529. The van der Waals surface area contributed by atoms with Crippen LogP contribution in [0.2, 0.25) is 0 Å². The van der Waals surface area contributed by atoms with E-state index in [2.05, 4.69) is 33.1 Å². The van der Waals surface area contributed by atoms with Crippen LogP contribution in [0.3, 0.4) is 0 Å². The number of aryl methyl sites for hydroxylation is 1. The van der Waals surface area contributed by atoms with Gasteiger partial charge >= 0.3 is 0 Å². The Labute approximate surface area is 158 Å². The summed E-state index contributed by atoms with van der Waals surface area (Å²) in [6.07, 6.45) is 2.37. The van der Waals surface area contributed by atoms with Crippen molar-refractivity contribution in [3.63, 3.8) is 0 Å². The van der Waals surface area contributed by atoms with Crippen molar-refractivity contribution in [1.82, 2.24) is 30.8 Å². The Morgan fingerprint density at radius 2 is 2.15 bits per heavy atom. The molecule has 0 saturated carbocycles. The number of hydrogen-bond donors (Lipinski definition) is 2. The van der Waals surface area contributed by atoms with Crippen molar-refractivity contribution < 1.29 is 9.18 Å². The molecule has 2 heterocycles. The van der Waals surface area contributed by atoms with Crippen LogP contribution < -0.4 is 10.6 Å². The van der Waals surface area contributed by atoms with E-state index in [-0.39, 0.29) is 36.2 Å². The number of piperidine rings is 1. The number of hydrogen-bond acceptors (Lipinski definition) is 5. The highest BCUT2D eigenvalue weighted by Gasteiger charge is 2.29. The SMILES string of the molecule is Cc1nnnn1C(Cc1ccc(F)cc1)C(=O)NC1CCCNC1C.Cl. The fourth-order valence-electron chi connectivity index (χ4n) is 3.18. The van der Waals surface area contributed by atoms with Crippen LogP contribution in [0.25, 0.3) is 0 Å². The van der Waals surface area contributed by atoms with Crippen LogP contribution >= 0.6 is 12.4 Å². The number of carbonyl (C=O) groups is 1. The molecule has 3 atom stereocenters. The molecule has 1 aliphatic heterocycles. The average molecular weight is 383 g/mol. The summed E-state index contributed by atoms with van der Waals surface area (Å²) in [6.45, 7) is 4.80. The van der Waals surface area contributed by atoms with Crippen molar-refractivity contribution in [1.29, 1.82) is 0 Å². The Balaban J connectivity index is 0.00000243. The Bertz CT molecular complexity index is 722. The summed E-state index contributed by atoms with van der Waals surface area (Å²) in [5.41, 5.74) is 0.853. The molecule has 3 unspecified atom stereocenters. The number of tetrazole rings is 1. The maximum absolute atomic E-state index is 13.1. The van der Waals surface area contributed by atoms with Crippen molar-refractivity contribution in [2.24, 2.45) is 0 Å². The second kappa shape index (κ2) is 9.05. The molecule has 142 valence electrons. The Kier molecular flexibility index (Phi) is 7.05. The van der Waals surface area contributed by atoms with E-state index >= 15 is 0 Å². The highest BCUT2D eigenvalue weighted by molar-refractivity contribution is 5.85. The summed E-state index contributed by atoms with van der Waals surface area (Å²) in [5, 5.41) is 18.0. The molecule has 26 heavy (non-hydrogen) atoms. The third-order valence-corrected chi connectivity index (χ3v) is 4.69. The molecule has 1 fully saturated rings. The fourth-order valence-corrected chi connectivity index (χ4v) is 3.18. The molecule has 2 aromatic rings. The van der Waals surface area contributed by atoms with Gasteiger partial charge in [0.15, 0.2) is 0 Å². The van der Waals surface area contributed by atoms with Crippen molar-refractivity contribution in [2.75, 3.05) is 6.54 Å². The number of benzene rings is 1. The summed E-state index contributed by atoms with van der Waals surface area (Å²) in [7, 11) is 0. The predicted molar refractivity (Wildman–Crippen MR) is 97.6 cm³/mol. The second-order valence-corrected chi connectivity index (χ2v) is 6.52. The highest BCUT2D eigenvalue weighted by Crippen LogP contribution is 2.17. The van der Waals surface area contributed by atoms with E-state index in [1.54, 1.807) is 19.1 Å². The van der Waals surface area contributed by atoms with Gasteiger partial charge in [0, 0.05) is 18.5 Å². The van der Waals surface area contributed by atoms with Gasteiger partial charge < -0.3 is 10.6 Å². The van der Waals surface area contributed by atoms with Gasteiger partial charge in [-0.15, -0.1) is 17.5 Å². The lowest BCUT2D eigenvalue weighted by Gasteiger charge is -2.32. The summed E-state index contributed by atoms with van der Waals surface area (Å²) in [4.78, 5) is 12.9. The maximum atomic E-state index is 13.1. The van der Waals surface area contributed by atoms with Crippen LogP contribution in [0.15, 0.2) is 24.3 Å². The molecular formula is C17H24ClFN6O. The summed E-state index contributed by atoms with van der Waals surface area (Å²) in [5.74, 6) is 0.141. The molecule has 0 aliphatic carbocycles. The lowest BCUT2D eigenvalue weighted by molar-refractivity contribution is -0.125. The number of nitrogens with one attached hydrogen (secondary N) is 2. The highest BCUT2D eigenvalue weighted by atomic mass is 35.5. The van der Waals surface area contributed by atoms with Crippen LogP contribution in [0.1, 0.15) is 37.2 Å². The first-order chi connectivity index (χ1) is 12.0. The first-order valence-electron chi connectivity index (χ1n) is 8.57. The van der Waals surface area contributed by atoms with Gasteiger partial charge in [-0.2, -0.15) is 0 Å². The van der Waals surface area contributed by atoms with E-state index in [9.17, 15) is 9.18 Å². The van der Waals surface area contributed by atoms with Gasteiger partial charge in [-0.25, -0.2) is 9.07 Å². The molecular weight excluding hydrogens is 359 g/mol. The Hall–Kier alpha value is -2.06. The third kappa shape index (κ3) is 4.76. The number of amides is 1. The normalized spacial score (nSPS) is 20.9. The van der Waals surface area contributed by atoms with Crippen LogP contribution in [-0.2, 0) is 11.2 Å². The second-order valence-electron chi connectivity index (χ2n) is 6.52. The molecule has 9 heteroatoms. The standard InChI is InChI=1S/C17H23FN6O.ClH/c1-11-15(4-3-9-19-11)20-17(25)16(24-12(2)21-22-23-24)10-13-5-7-14(18)8-6-13;/h5-8,11,15-16,19H,3-4,9-10H2,1-2H3,(H,20,25);1H. The van der Waals surface area contributed by atoms with Gasteiger partial charge in [0.25, 0.3) is 0 Å². The lowest BCUT2D eigenvalue weighted by Crippen LogP contribution is -2.53. The van der Waals surface area contributed by atoms with E-state index in [1.165, 1.54) is 16.8 Å². The largest absolute Gasteiger partial charge is 0.350 e. The first kappa shape index (κ1) is 20.3. The molecule has 0 bridgehead atoms.